The van der Waals surface area contributed by atoms with Crippen molar-refractivity contribution in [2.75, 3.05) is 6.61 Å². The van der Waals surface area contributed by atoms with Gasteiger partial charge < -0.3 is 4.74 Å². The van der Waals surface area contributed by atoms with Crippen molar-refractivity contribution in [3.05, 3.63) is 59.7 Å². The fraction of sp³-hybridized carbons (Fsp3) is 0.250. The van der Waals surface area contributed by atoms with Crippen LogP contribution in [0, 0.1) is 6.92 Å². The highest BCUT2D eigenvalue weighted by Crippen LogP contribution is 2.39. The van der Waals surface area contributed by atoms with Gasteiger partial charge in [0, 0.05) is 0 Å². The molecule has 1 aliphatic heterocycles. The lowest BCUT2D eigenvalue weighted by Gasteiger charge is -2.10. The van der Waals surface area contributed by atoms with Crippen LogP contribution in [0.5, 0.6) is 0 Å². The normalized spacial score (nSPS) is 22.5. The molecule has 0 N–H and O–H groups in total. The van der Waals surface area contributed by atoms with Crippen LogP contribution in [-0.4, -0.2) is 6.61 Å². The lowest BCUT2D eigenvalue weighted by Crippen LogP contribution is -2.01. The molecular weight excluding hydrogens is 208 g/mol. The lowest BCUT2D eigenvalue weighted by atomic mass is 9.95. The first-order chi connectivity index (χ1) is 8.19. The summed E-state index contributed by atoms with van der Waals surface area (Å²) in [7, 11) is 0. The van der Waals surface area contributed by atoms with Crippen molar-refractivity contribution in [1.29, 1.82) is 0 Å². The van der Waals surface area contributed by atoms with Crippen LogP contribution in [0.1, 0.15) is 18.1 Å². The molecule has 86 valence electrons. The average Bonchev–Trinajstić information content (AvgIpc) is 3.10. The van der Waals surface area contributed by atoms with E-state index in [9.17, 15) is 0 Å². The average molecular weight is 224 g/mol. The minimum Gasteiger partial charge on any atom is -0.365 e. The molecule has 0 bridgehead atoms. The molecule has 1 atom stereocenters. The SMILES string of the molecule is Cc1ccccc1-c1cccc(C2(C)CO2)c1. The number of rotatable bonds is 2. The molecule has 0 spiro atoms. The molecule has 2 aromatic carbocycles. The third-order valence-electron chi connectivity index (χ3n) is 3.51. The van der Waals surface area contributed by atoms with E-state index in [0.29, 0.717) is 0 Å². The van der Waals surface area contributed by atoms with Gasteiger partial charge in [-0.3, -0.25) is 0 Å². The van der Waals surface area contributed by atoms with Gasteiger partial charge in [-0.05, 0) is 42.2 Å². The molecule has 1 unspecified atom stereocenters. The molecule has 0 radical (unpaired) electrons. The van der Waals surface area contributed by atoms with Gasteiger partial charge in [0.1, 0.15) is 5.60 Å². The topological polar surface area (TPSA) is 12.5 Å². The van der Waals surface area contributed by atoms with E-state index in [1.54, 1.807) is 0 Å². The zero-order valence-electron chi connectivity index (χ0n) is 10.2. The Kier molecular flexibility index (Phi) is 2.30. The van der Waals surface area contributed by atoms with Gasteiger partial charge in [-0.15, -0.1) is 0 Å². The Labute approximate surface area is 102 Å². The second-order valence-corrected chi connectivity index (χ2v) is 4.92. The molecule has 17 heavy (non-hydrogen) atoms. The second kappa shape index (κ2) is 3.71. The van der Waals surface area contributed by atoms with Crippen molar-refractivity contribution in [3.8, 4) is 11.1 Å². The fourth-order valence-corrected chi connectivity index (χ4v) is 2.19. The number of aryl methyl sites for hydroxylation is 1. The number of hydrogen-bond donors (Lipinski definition) is 0. The maximum absolute atomic E-state index is 5.50. The molecule has 1 heteroatoms. The van der Waals surface area contributed by atoms with Gasteiger partial charge in [0.15, 0.2) is 0 Å². The second-order valence-electron chi connectivity index (χ2n) is 4.92. The van der Waals surface area contributed by atoms with Gasteiger partial charge in [-0.2, -0.15) is 0 Å². The molecule has 2 aromatic rings. The van der Waals surface area contributed by atoms with E-state index in [4.69, 9.17) is 4.74 Å². The van der Waals surface area contributed by atoms with Gasteiger partial charge >= 0.3 is 0 Å². The number of hydrogen-bond acceptors (Lipinski definition) is 1. The molecule has 0 aliphatic carbocycles. The third kappa shape index (κ3) is 1.87. The lowest BCUT2D eigenvalue weighted by molar-refractivity contribution is 0.329. The van der Waals surface area contributed by atoms with Crippen molar-refractivity contribution in [2.24, 2.45) is 0 Å². The summed E-state index contributed by atoms with van der Waals surface area (Å²) in [6.45, 7) is 5.13. The molecular formula is C16H16O. The Balaban J connectivity index is 2.07. The largest absolute Gasteiger partial charge is 0.365 e. The van der Waals surface area contributed by atoms with Crippen LogP contribution in [0.2, 0.25) is 0 Å². The summed E-state index contributed by atoms with van der Waals surface area (Å²) in [5.41, 5.74) is 5.12. The van der Waals surface area contributed by atoms with Crippen molar-refractivity contribution >= 4 is 0 Å². The zero-order chi connectivity index (χ0) is 11.9. The number of epoxide rings is 1. The molecule has 1 heterocycles. The van der Waals surface area contributed by atoms with Gasteiger partial charge in [-0.25, -0.2) is 0 Å². The predicted molar refractivity (Wildman–Crippen MR) is 69.9 cm³/mol. The van der Waals surface area contributed by atoms with E-state index in [2.05, 4.69) is 62.4 Å². The van der Waals surface area contributed by atoms with Gasteiger partial charge in [-0.1, -0.05) is 42.5 Å². The molecule has 0 aromatic heterocycles. The first-order valence-electron chi connectivity index (χ1n) is 6.00. The highest BCUT2D eigenvalue weighted by atomic mass is 16.6. The minimum atomic E-state index is -0.0430. The zero-order valence-corrected chi connectivity index (χ0v) is 10.2. The summed E-state index contributed by atoms with van der Waals surface area (Å²) in [5.74, 6) is 0. The maximum Gasteiger partial charge on any atom is 0.114 e. The van der Waals surface area contributed by atoms with Crippen LogP contribution in [0.4, 0.5) is 0 Å². The van der Waals surface area contributed by atoms with Gasteiger partial charge in [0.05, 0.1) is 6.61 Å². The smallest absolute Gasteiger partial charge is 0.114 e. The molecule has 1 saturated heterocycles. The molecule has 3 rings (SSSR count). The quantitative estimate of drug-likeness (QED) is 0.705. The van der Waals surface area contributed by atoms with Gasteiger partial charge in [0.25, 0.3) is 0 Å². The molecule has 0 amide bonds. The summed E-state index contributed by atoms with van der Waals surface area (Å²) in [4.78, 5) is 0. The first kappa shape index (κ1) is 10.5. The Hall–Kier alpha value is -1.60. The highest BCUT2D eigenvalue weighted by molar-refractivity contribution is 5.68. The van der Waals surface area contributed by atoms with E-state index in [-0.39, 0.29) is 5.60 Å². The summed E-state index contributed by atoms with van der Waals surface area (Å²) in [6, 6.07) is 17.2. The highest BCUT2D eigenvalue weighted by Gasteiger charge is 2.41. The van der Waals surface area contributed by atoms with Crippen LogP contribution in [0.3, 0.4) is 0 Å². The Morgan fingerprint density at radius 1 is 1.06 bits per heavy atom. The molecule has 1 aliphatic rings. The van der Waals surface area contributed by atoms with Crippen molar-refractivity contribution in [1.82, 2.24) is 0 Å². The minimum absolute atomic E-state index is 0.0430. The third-order valence-corrected chi connectivity index (χ3v) is 3.51. The van der Waals surface area contributed by atoms with Crippen LogP contribution in [-0.2, 0) is 10.3 Å². The number of ether oxygens (including phenoxy) is 1. The van der Waals surface area contributed by atoms with Crippen LogP contribution in [0.15, 0.2) is 48.5 Å². The van der Waals surface area contributed by atoms with Gasteiger partial charge in [0.2, 0.25) is 0 Å². The summed E-state index contributed by atoms with van der Waals surface area (Å²) in [5, 5.41) is 0. The van der Waals surface area contributed by atoms with Crippen LogP contribution >= 0.6 is 0 Å². The van der Waals surface area contributed by atoms with E-state index < -0.39 is 0 Å². The number of benzene rings is 2. The summed E-state index contributed by atoms with van der Waals surface area (Å²) >= 11 is 0. The van der Waals surface area contributed by atoms with E-state index in [1.807, 2.05) is 0 Å². The maximum atomic E-state index is 5.50. The van der Waals surface area contributed by atoms with Crippen LogP contribution < -0.4 is 0 Å². The summed E-state index contributed by atoms with van der Waals surface area (Å²) < 4.78 is 5.50. The Bertz CT molecular complexity index is 553. The van der Waals surface area contributed by atoms with Crippen molar-refractivity contribution in [2.45, 2.75) is 19.4 Å². The Morgan fingerprint density at radius 3 is 2.53 bits per heavy atom. The predicted octanol–water partition coefficient (Wildman–Crippen LogP) is 3.91. The van der Waals surface area contributed by atoms with E-state index in [1.165, 1.54) is 22.3 Å². The standard InChI is InChI=1S/C16H16O/c1-12-6-3-4-9-15(12)13-7-5-8-14(10-13)16(2)11-17-16/h3-10H,11H2,1-2H3. The van der Waals surface area contributed by atoms with E-state index in [0.717, 1.165) is 6.61 Å². The molecule has 1 fully saturated rings. The monoisotopic (exact) mass is 224 g/mol. The van der Waals surface area contributed by atoms with Crippen LogP contribution in [0.25, 0.3) is 11.1 Å². The molecule has 1 nitrogen and oxygen atoms in total. The molecule has 0 saturated carbocycles. The van der Waals surface area contributed by atoms with Crippen molar-refractivity contribution < 1.29 is 4.74 Å². The van der Waals surface area contributed by atoms with E-state index >= 15 is 0 Å². The Morgan fingerprint density at radius 2 is 1.82 bits per heavy atom. The first-order valence-corrected chi connectivity index (χ1v) is 6.00. The van der Waals surface area contributed by atoms with Crippen molar-refractivity contribution in [3.63, 3.8) is 0 Å². The fourth-order valence-electron chi connectivity index (χ4n) is 2.19. The summed E-state index contributed by atoms with van der Waals surface area (Å²) in [6.07, 6.45) is 0.